The summed E-state index contributed by atoms with van der Waals surface area (Å²) in [5.74, 6) is -0.934. The lowest BCUT2D eigenvalue weighted by atomic mass is 9.99. The zero-order valence-corrected chi connectivity index (χ0v) is 18.1. The molecule has 33 heavy (non-hydrogen) atoms. The molecule has 4 N–H and O–H groups in total. The number of alkyl halides is 3. The summed E-state index contributed by atoms with van der Waals surface area (Å²) < 4.78 is 51.6. The SMILES string of the molecule is CC(C)(NC1=c2ccccc2=NC(C)(c2c[nH]c3ncc(F)cc23)N1)C(=O)NCC(F)(F)F. The summed E-state index contributed by atoms with van der Waals surface area (Å²) in [5, 5.41) is 9.94. The molecule has 1 atom stereocenters. The van der Waals surface area contributed by atoms with E-state index < -0.39 is 35.6 Å². The molecule has 0 bridgehead atoms. The highest BCUT2D eigenvalue weighted by atomic mass is 19.4. The average Bonchev–Trinajstić information content (AvgIpc) is 3.15. The van der Waals surface area contributed by atoms with Crippen LogP contribution < -0.4 is 26.5 Å². The Labute approximate surface area is 186 Å². The van der Waals surface area contributed by atoms with Gasteiger partial charge in [-0.1, -0.05) is 12.1 Å². The molecule has 0 radical (unpaired) electrons. The Kier molecular flexibility index (Phi) is 5.30. The van der Waals surface area contributed by atoms with Crippen LogP contribution in [0.15, 0.2) is 47.7 Å². The van der Waals surface area contributed by atoms with Crippen LogP contribution in [0.4, 0.5) is 17.6 Å². The number of nitrogens with zero attached hydrogens (tertiary/aromatic N) is 2. The van der Waals surface area contributed by atoms with Gasteiger partial charge in [0.1, 0.15) is 29.4 Å². The number of rotatable bonds is 5. The molecule has 1 amide bonds. The number of benzene rings is 1. The number of fused-ring (bicyclic) bond motifs is 2. The number of halogens is 4. The lowest BCUT2D eigenvalue weighted by Crippen LogP contribution is -2.60. The number of aromatic nitrogens is 2. The highest BCUT2D eigenvalue weighted by Crippen LogP contribution is 2.31. The third-order valence-corrected chi connectivity index (χ3v) is 5.36. The second-order valence-electron chi connectivity index (χ2n) is 8.50. The van der Waals surface area contributed by atoms with E-state index in [1.807, 2.05) is 5.32 Å². The molecule has 0 fully saturated rings. The Hall–Kier alpha value is -3.63. The van der Waals surface area contributed by atoms with Gasteiger partial charge in [-0.05, 0) is 39.0 Å². The number of aromatic amines is 1. The summed E-state index contributed by atoms with van der Waals surface area (Å²) in [6.07, 6.45) is -1.75. The average molecular weight is 462 g/mol. The normalized spacial score (nSPS) is 18.3. The molecular weight excluding hydrogens is 440 g/mol. The number of para-hydroxylation sites is 1. The molecule has 0 aliphatic carbocycles. The van der Waals surface area contributed by atoms with Crippen LogP contribution in [-0.4, -0.2) is 34.1 Å². The van der Waals surface area contributed by atoms with Crippen molar-refractivity contribution in [3.05, 3.63) is 64.7 Å². The van der Waals surface area contributed by atoms with Crippen molar-refractivity contribution >= 4 is 22.8 Å². The van der Waals surface area contributed by atoms with Gasteiger partial charge in [-0.3, -0.25) is 9.79 Å². The van der Waals surface area contributed by atoms with Crippen LogP contribution in [0, 0.1) is 5.82 Å². The Morgan fingerprint density at radius 2 is 1.94 bits per heavy atom. The van der Waals surface area contributed by atoms with Crippen LogP contribution >= 0.6 is 0 Å². The van der Waals surface area contributed by atoms with Crippen LogP contribution in [0.3, 0.4) is 0 Å². The van der Waals surface area contributed by atoms with Gasteiger partial charge in [-0.25, -0.2) is 9.37 Å². The number of hydrogen-bond acceptors (Lipinski definition) is 5. The number of pyridine rings is 1. The van der Waals surface area contributed by atoms with E-state index in [0.29, 0.717) is 33.0 Å². The molecule has 0 spiro atoms. The number of amides is 1. The second-order valence-corrected chi connectivity index (χ2v) is 8.50. The highest BCUT2D eigenvalue weighted by Gasteiger charge is 2.37. The maximum atomic E-state index is 13.9. The van der Waals surface area contributed by atoms with Crippen LogP contribution in [0.5, 0.6) is 0 Å². The lowest BCUT2D eigenvalue weighted by Gasteiger charge is -2.36. The third kappa shape index (κ3) is 4.48. The molecular formula is C22H22F4N6O. The summed E-state index contributed by atoms with van der Waals surface area (Å²) in [4.78, 5) is 24.4. The van der Waals surface area contributed by atoms with Crippen molar-refractivity contribution in [2.75, 3.05) is 6.54 Å². The number of nitrogens with one attached hydrogen (secondary N) is 4. The molecule has 0 saturated carbocycles. The quantitative estimate of drug-likeness (QED) is 0.436. The van der Waals surface area contributed by atoms with E-state index in [-0.39, 0.29) is 0 Å². The highest BCUT2D eigenvalue weighted by molar-refractivity contribution is 5.86. The fraction of sp³-hybridized carbons (Fsp3) is 0.318. The molecule has 1 aromatic carbocycles. The first kappa shape index (κ1) is 22.6. The summed E-state index contributed by atoms with van der Waals surface area (Å²) in [6, 6.07) is 8.47. The van der Waals surface area contributed by atoms with Crippen LogP contribution in [-0.2, 0) is 10.5 Å². The summed E-state index contributed by atoms with van der Waals surface area (Å²) in [7, 11) is 0. The first-order valence-corrected chi connectivity index (χ1v) is 10.1. The number of carbonyl (C=O) groups excluding carboxylic acids is 1. The van der Waals surface area contributed by atoms with Gasteiger partial charge in [0.15, 0.2) is 5.66 Å². The van der Waals surface area contributed by atoms with E-state index in [2.05, 4.69) is 20.6 Å². The number of carbonyl (C=O) groups is 1. The third-order valence-electron chi connectivity index (χ3n) is 5.36. The number of hydrogen-bond donors (Lipinski definition) is 4. The topological polar surface area (TPSA) is 94.2 Å². The van der Waals surface area contributed by atoms with Crippen molar-refractivity contribution in [3.63, 3.8) is 0 Å². The maximum Gasteiger partial charge on any atom is 0.405 e. The van der Waals surface area contributed by atoms with Crippen molar-refractivity contribution in [2.24, 2.45) is 4.99 Å². The molecule has 1 aliphatic heterocycles. The molecule has 174 valence electrons. The largest absolute Gasteiger partial charge is 0.405 e. The smallest absolute Gasteiger partial charge is 0.358 e. The zero-order chi connectivity index (χ0) is 24.0. The van der Waals surface area contributed by atoms with Crippen LogP contribution in [0.25, 0.3) is 16.9 Å². The molecule has 2 aromatic heterocycles. The minimum absolute atomic E-state index is 0.397. The Balaban J connectivity index is 1.74. The predicted molar refractivity (Wildman–Crippen MR) is 113 cm³/mol. The Morgan fingerprint density at radius 3 is 2.67 bits per heavy atom. The van der Waals surface area contributed by atoms with Crippen molar-refractivity contribution in [2.45, 2.75) is 38.1 Å². The van der Waals surface area contributed by atoms with E-state index in [0.717, 1.165) is 6.20 Å². The van der Waals surface area contributed by atoms with E-state index in [4.69, 9.17) is 4.99 Å². The van der Waals surface area contributed by atoms with Crippen molar-refractivity contribution in [3.8, 4) is 0 Å². The standard InChI is InChI=1S/C22H22F4N6O/c1-20(2,19(33)29-11-22(24,25)26)31-18-13-6-4-5-7-16(13)30-21(3,32-18)15-10-28-17-14(15)8-12(23)9-27-17/h4-10,31-32H,11H2,1-3H3,(H,27,28)(H,29,33). The van der Waals surface area contributed by atoms with Gasteiger partial charge in [0, 0.05) is 22.4 Å². The fourth-order valence-electron chi connectivity index (χ4n) is 3.74. The monoisotopic (exact) mass is 462 g/mol. The molecule has 0 saturated heterocycles. The molecule has 4 rings (SSSR count). The molecule has 3 aromatic rings. The minimum atomic E-state index is -4.52. The summed E-state index contributed by atoms with van der Waals surface area (Å²) in [5.41, 5.74) is -1.40. The molecule has 3 heterocycles. The van der Waals surface area contributed by atoms with Crippen molar-refractivity contribution < 1.29 is 22.4 Å². The van der Waals surface area contributed by atoms with Gasteiger partial charge in [-0.15, -0.1) is 0 Å². The first-order chi connectivity index (χ1) is 15.4. The van der Waals surface area contributed by atoms with Crippen LogP contribution in [0.1, 0.15) is 26.3 Å². The minimum Gasteiger partial charge on any atom is -0.358 e. The van der Waals surface area contributed by atoms with Crippen molar-refractivity contribution in [1.29, 1.82) is 0 Å². The van der Waals surface area contributed by atoms with E-state index >= 15 is 0 Å². The summed E-state index contributed by atoms with van der Waals surface area (Å²) in [6.45, 7) is 3.29. The van der Waals surface area contributed by atoms with Gasteiger partial charge in [-0.2, -0.15) is 13.2 Å². The van der Waals surface area contributed by atoms with Gasteiger partial charge in [0.25, 0.3) is 0 Å². The van der Waals surface area contributed by atoms with E-state index in [1.54, 1.807) is 37.4 Å². The Morgan fingerprint density at radius 1 is 1.21 bits per heavy atom. The molecule has 11 heteroatoms. The Bertz CT molecular complexity index is 1350. The van der Waals surface area contributed by atoms with Gasteiger partial charge in [0.05, 0.1) is 11.6 Å². The molecule has 1 unspecified atom stereocenters. The van der Waals surface area contributed by atoms with Gasteiger partial charge < -0.3 is 20.9 Å². The first-order valence-electron chi connectivity index (χ1n) is 10.1. The summed E-state index contributed by atoms with van der Waals surface area (Å²) >= 11 is 0. The number of H-pyrrole nitrogens is 1. The van der Waals surface area contributed by atoms with Crippen molar-refractivity contribution in [1.82, 2.24) is 25.9 Å². The second kappa shape index (κ2) is 7.75. The zero-order valence-electron chi connectivity index (χ0n) is 18.1. The van der Waals surface area contributed by atoms with E-state index in [9.17, 15) is 22.4 Å². The maximum absolute atomic E-state index is 13.9. The lowest BCUT2D eigenvalue weighted by molar-refractivity contribution is -0.141. The predicted octanol–water partition coefficient (Wildman–Crippen LogP) is 1.91. The molecule has 1 aliphatic rings. The van der Waals surface area contributed by atoms with E-state index in [1.165, 1.54) is 19.9 Å². The van der Waals surface area contributed by atoms with Gasteiger partial charge in [0.2, 0.25) is 5.91 Å². The van der Waals surface area contributed by atoms with Crippen LogP contribution in [0.2, 0.25) is 0 Å². The molecule has 7 nitrogen and oxygen atoms in total. The fourth-order valence-corrected chi connectivity index (χ4v) is 3.74. The van der Waals surface area contributed by atoms with Gasteiger partial charge >= 0.3 is 6.18 Å².